The molecule has 1 aliphatic carbocycles. The summed E-state index contributed by atoms with van der Waals surface area (Å²) in [5, 5.41) is 0. The fraction of sp³-hybridized carbons (Fsp3) is 0.778. The maximum Gasteiger partial charge on any atom is 0.162 e. The van der Waals surface area contributed by atoms with Crippen molar-refractivity contribution in [1.82, 2.24) is 0 Å². The van der Waals surface area contributed by atoms with Crippen molar-refractivity contribution in [3.8, 4) is 0 Å². The molecule has 0 fully saturated rings. The Hall–Kier alpha value is -0.960. The van der Waals surface area contributed by atoms with E-state index in [4.69, 9.17) is 4.74 Å². The average molecular weight is 294 g/mol. The number of Topliss-reactive ketones (excluding diaryl/α,β-unsaturated/α-hetero) is 2. The van der Waals surface area contributed by atoms with Gasteiger partial charge in [-0.25, -0.2) is 0 Å². The second-order valence-electron chi connectivity index (χ2n) is 6.97. The first-order chi connectivity index (χ1) is 9.81. The molecule has 0 aromatic carbocycles. The van der Waals surface area contributed by atoms with Crippen molar-refractivity contribution in [2.45, 2.75) is 90.8 Å². The molecule has 21 heavy (non-hydrogen) atoms. The predicted octanol–water partition coefficient (Wildman–Crippen LogP) is 4.39. The van der Waals surface area contributed by atoms with E-state index < -0.39 is 0 Å². The van der Waals surface area contributed by atoms with Crippen LogP contribution >= 0.6 is 0 Å². The number of unbranched alkanes of at least 4 members (excludes halogenated alkanes) is 4. The largest absolute Gasteiger partial charge is 0.368 e. The third-order valence-corrected chi connectivity index (χ3v) is 3.58. The Labute approximate surface area is 129 Å². The number of ether oxygens (including phenoxy) is 1. The fourth-order valence-electron chi connectivity index (χ4n) is 2.60. The Balaban J connectivity index is 2.34. The molecule has 1 atom stereocenters. The van der Waals surface area contributed by atoms with Gasteiger partial charge in [-0.15, -0.1) is 0 Å². The van der Waals surface area contributed by atoms with Crippen LogP contribution < -0.4 is 0 Å². The summed E-state index contributed by atoms with van der Waals surface area (Å²) in [5.74, 6) is 0.256. The van der Waals surface area contributed by atoms with Crippen LogP contribution in [-0.4, -0.2) is 23.3 Å². The summed E-state index contributed by atoms with van der Waals surface area (Å²) in [6, 6.07) is 0. The molecule has 0 aromatic heterocycles. The lowest BCUT2D eigenvalue weighted by atomic mass is 10.0. The van der Waals surface area contributed by atoms with Crippen LogP contribution in [0.1, 0.15) is 79.1 Å². The van der Waals surface area contributed by atoms with Crippen LogP contribution in [0.15, 0.2) is 11.6 Å². The average Bonchev–Trinajstić information content (AvgIpc) is 2.66. The van der Waals surface area contributed by atoms with E-state index in [1.807, 2.05) is 26.8 Å². The van der Waals surface area contributed by atoms with Crippen molar-refractivity contribution >= 4 is 11.6 Å². The number of ketones is 2. The summed E-state index contributed by atoms with van der Waals surface area (Å²) < 4.78 is 5.80. The van der Waals surface area contributed by atoms with Gasteiger partial charge in [0.2, 0.25) is 0 Å². The van der Waals surface area contributed by atoms with E-state index in [0.717, 1.165) is 12.8 Å². The molecular formula is C18H30O3. The van der Waals surface area contributed by atoms with E-state index in [1.54, 1.807) is 0 Å². The van der Waals surface area contributed by atoms with Crippen molar-refractivity contribution in [2.24, 2.45) is 0 Å². The maximum absolute atomic E-state index is 11.9. The minimum Gasteiger partial charge on any atom is -0.368 e. The summed E-state index contributed by atoms with van der Waals surface area (Å²) in [6.45, 7) is 8.11. The van der Waals surface area contributed by atoms with Crippen LogP contribution in [0.5, 0.6) is 0 Å². The summed E-state index contributed by atoms with van der Waals surface area (Å²) in [5.41, 5.74) is 0.392. The Morgan fingerprint density at radius 3 is 2.52 bits per heavy atom. The lowest BCUT2D eigenvalue weighted by Crippen LogP contribution is -2.25. The van der Waals surface area contributed by atoms with E-state index in [-0.39, 0.29) is 29.7 Å². The zero-order valence-electron chi connectivity index (χ0n) is 14.0. The molecule has 1 aliphatic rings. The van der Waals surface area contributed by atoms with Crippen LogP contribution in [0, 0.1) is 0 Å². The fourth-order valence-corrected chi connectivity index (χ4v) is 2.60. The van der Waals surface area contributed by atoms with Crippen molar-refractivity contribution in [2.75, 3.05) is 0 Å². The third kappa shape index (κ3) is 7.56. The number of allylic oxidation sites excluding steroid dienone is 1. The first-order valence-corrected chi connectivity index (χ1v) is 8.25. The van der Waals surface area contributed by atoms with E-state index in [0.29, 0.717) is 18.4 Å². The summed E-state index contributed by atoms with van der Waals surface area (Å²) in [4.78, 5) is 23.9. The van der Waals surface area contributed by atoms with E-state index in [2.05, 4.69) is 6.92 Å². The second kappa shape index (κ2) is 8.47. The maximum atomic E-state index is 11.9. The Morgan fingerprint density at radius 2 is 1.90 bits per heavy atom. The molecule has 0 aromatic rings. The van der Waals surface area contributed by atoms with E-state index >= 15 is 0 Å². The second-order valence-corrected chi connectivity index (χ2v) is 6.97. The monoisotopic (exact) mass is 294 g/mol. The van der Waals surface area contributed by atoms with Crippen LogP contribution in [0.2, 0.25) is 0 Å². The molecule has 0 aliphatic heterocycles. The first-order valence-electron chi connectivity index (χ1n) is 8.25. The van der Waals surface area contributed by atoms with E-state index in [9.17, 15) is 9.59 Å². The minimum atomic E-state index is -0.264. The molecule has 0 spiro atoms. The van der Waals surface area contributed by atoms with E-state index in [1.165, 1.54) is 19.3 Å². The van der Waals surface area contributed by atoms with Crippen molar-refractivity contribution in [1.29, 1.82) is 0 Å². The molecular weight excluding hydrogens is 264 g/mol. The zero-order chi connectivity index (χ0) is 15.9. The molecule has 3 nitrogen and oxygen atoms in total. The molecule has 1 unspecified atom stereocenters. The van der Waals surface area contributed by atoms with Gasteiger partial charge in [-0.05, 0) is 33.3 Å². The minimum absolute atomic E-state index is 0.0728. The van der Waals surface area contributed by atoms with Gasteiger partial charge in [0.25, 0.3) is 0 Å². The Morgan fingerprint density at radius 1 is 1.24 bits per heavy atom. The molecule has 1 rings (SSSR count). The standard InChI is InChI=1S/C18H30O3/c1-5-6-7-8-9-10-15(19)11-14-12-16(13-17(14)20)21-18(2,3)4/h12,16H,5-11,13H2,1-4H3. The van der Waals surface area contributed by atoms with Crippen molar-refractivity contribution in [3.05, 3.63) is 11.6 Å². The van der Waals surface area contributed by atoms with Gasteiger partial charge < -0.3 is 4.74 Å². The number of hydrogen-bond acceptors (Lipinski definition) is 3. The molecule has 0 N–H and O–H groups in total. The van der Waals surface area contributed by atoms with Gasteiger partial charge in [0.05, 0.1) is 11.7 Å². The molecule has 0 heterocycles. The normalized spacial score (nSPS) is 19.0. The summed E-state index contributed by atoms with van der Waals surface area (Å²) >= 11 is 0. The third-order valence-electron chi connectivity index (χ3n) is 3.58. The number of carbonyl (C=O) groups excluding carboxylic acids is 2. The van der Waals surface area contributed by atoms with Gasteiger partial charge in [0, 0.05) is 24.8 Å². The highest BCUT2D eigenvalue weighted by Gasteiger charge is 2.28. The molecule has 0 saturated carbocycles. The Kier molecular flexibility index (Phi) is 7.30. The lowest BCUT2D eigenvalue weighted by Gasteiger charge is -2.23. The predicted molar refractivity (Wildman–Crippen MR) is 85.3 cm³/mol. The topological polar surface area (TPSA) is 43.4 Å². The number of hydrogen-bond donors (Lipinski definition) is 0. The number of carbonyl (C=O) groups is 2. The van der Waals surface area contributed by atoms with Crippen LogP contribution in [-0.2, 0) is 14.3 Å². The van der Waals surface area contributed by atoms with Gasteiger partial charge in [-0.1, -0.05) is 32.6 Å². The van der Waals surface area contributed by atoms with Crippen molar-refractivity contribution in [3.63, 3.8) is 0 Å². The van der Waals surface area contributed by atoms with Gasteiger partial charge in [0.1, 0.15) is 5.78 Å². The quantitative estimate of drug-likeness (QED) is 0.592. The van der Waals surface area contributed by atoms with Gasteiger partial charge in [0.15, 0.2) is 5.78 Å². The molecule has 120 valence electrons. The lowest BCUT2D eigenvalue weighted by molar-refractivity contribution is -0.122. The Bertz CT molecular complexity index is 388. The van der Waals surface area contributed by atoms with Crippen LogP contribution in [0.3, 0.4) is 0 Å². The van der Waals surface area contributed by atoms with Crippen molar-refractivity contribution < 1.29 is 14.3 Å². The highest BCUT2D eigenvalue weighted by atomic mass is 16.5. The smallest absolute Gasteiger partial charge is 0.162 e. The highest BCUT2D eigenvalue weighted by molar-refractivity contribution is 6.02. The van der Waals surface area contributed by atoms with Crippen LogP contribution in [0.4, 0.5) is 0 Å². The zero-order valence-corrected chi connectivity index (χ0v) is 14.0. The first kappa shape index (κ1) is 18.1. The molecule has 0 radical (unpaired) electrons. The molecule has 3 heteroatoms. The summed E-state index contributed by atoms with van der Waals surface area (Å²) in [7, 11) is 0. The van der Waals surface area contributed by atoms with Gasteiger partial charge in [-0.3, -0.25) is 9.59 Å². The summed E-state index contributed by atoms with van der Waals surface area (Å²) in [6.07, 6.45) is 8.67. The highest BCUT2D eigenvalue weighted by Crippen LogP contribution is 2.25. The van der Waals surface area contributed by atoms with Gasteiger partial charge in [-0.2, -0.15) is 0 Å². The van der Waals surface area contributed by atoms with Crippen LogP contribution in [0.25, 0.3) is 0 Å². The molecule has 0 bridgehead atoms. The number of rotatable bonds is 9. The molecule has 0 amide bonds. The SMILES string of the molecule is CCCCCCCC(=O)CC1=CC(OC(C)(C)C)CC1=O. The molecule has 0 saturated heterocycles. The van der Waals surface area contributed by atoms with Gasteiger partial charge >= 0.3 is 0 Å².